The second kappa shape index (κ2) is 9.38. The van der Waals surface area contributed by atoms with E-state index >= 15 is 0 Å². The van der Waals surface area contributed by atoms with Crippen molar-refractivity contribution in [1.29, 1.82) is 0 Å². The van der Waals surface area contributed by atoms with Crippen molar-refractivity contribution >= 4 is 46.9 Å². The Morgan fingerprint density at radius 1 is 1.03 bits per heavy atom. The number of amides is 2. The van der Waals surface area contributed by atoms with E-state index < -0.39 is 39.1 Å². The number of carbonyl (C=O) groups is 2. The maximum atomic E-state index is 12.7. The highest BCUT2D eigenvalue weighted by Crippen LogP contribution is 2.21. The number of hydrogen-bond donors (Lipinski definition) is 0. The zero-order valence-corrected chi connectivity index (χ0v) is 20.3. The molecule has 2 amide bonds. The average molecular weight is 461 g/mol. The summed E-state index contributed by atoms with van der Waals surface area (Å²) in [7, 11) is -1.55. The lowest BCUT2D eigenvalue weighted by molar-refractivity contribution is 0.0427. The lowest BCUT2D eigenvalue weighted by Gasteiger charge is -2.27. The second-order valence-corrected chi connectivity index (χ2v) is 11.6. The Kier molecular flexibility index (Phi) is 8.12. The van der Waals surface area contributed by atoms with Gasteiger partial charge >= 0.3 is 12.2 Å². The lowest BCUT2D eigenvalue weighted by Crippen LogP contribution is -2.44. The molecule has 0 saturated carbocycles. The van der Waals surface area contributed by atoms with E-state index in [9.17, 15) is 13.8 Å². The van der Waals surface area contributed by atoms with Crippen LogP contribution in [0.15, 0.2) is 10.6 Å². The highest BCUT2D eigenvalue weighted by molar-refractivity contribution is 7.85. The predicted molar refractivity (Wildman–Crippen MR) is 117 cm³/mol. The Hall–Kier alpha value is -2.07. The highest BCUT2D eigenvalue weighted by Gasteiger charge is 2.35. The first kappa shape index (κ1) is 26.0. The SMILES string of the molecule is CC(C)(C)OC(=O)N(C(=O)OC(C)(C)C)c1ncc(Cl)c(/C=N\[S@@](=O)C(C)(C)C)n1. The summed E-state index contributed by atoms with van der Waals surface area (Å²) in [6, 6.07) is 0. The number of carbonyl (C=O) groups excluding carboxylic acids is 2. The fourth-order valence-corrected chi connectivity index (χ4v) is 2.33. The largest absolute Gasteiger partial charge is 0.443 e. The zero-order valence-electron chi connectivity index (χ0n) is 18.8. The molecule has 168 valence electrons. The van der Waals surface area contributed by atoms with Crippen LogP contribution in [0, 0.1) is 0 Å². The standard InChI is InChI=1S/C19H29ClN4O5S/c1-17(2,3)28-15(25)24(16(26)29-18(4,5)6)14-21-10-12(20)13(23-14)11-22-30(27)19(7,8)9/h10-11H,1-9H3/b22-11-/t30-/m0/s1. The van der Waals surface area contributed by atoms with Gasteiger partial charge in [-0.1, -0.05) is 11.6 Å². The molecule has 11 heteroatoms. The van der Waals surface area contributed by atoms with Crippen molar-refractivity contribution in [3.05, 3.63) is 16.9 Å². The van der Waals surface area contributed by atoms with Crippen LogP contribution in [0.1, 0.15) is 68.0 Å². The van der Waals surface area contributed by atoms with Gasteiger partial charge in [0.05, 0.1) is 22.2 Å². The minimum atomic E-state index is -1.55. The van der Waals surface area contributed by atoms with Gasteiger partial charge in [0.2, 0.25) is 5.95 Å². The number of rotatable bonds is 3. The van der Waals surface area contributed by atoms with Gasteiger partial charge in [-0.25, -0.2) is 23.8 Å². The van der Waals surface area contributed by atoms with Crippen LogP contribution in [0.25, 0.3) is 0 Å². The highest BCUT2D eigenvalue weighted by atomic mass is 35.5. The Labute approximate surface area is 184 Å². The third kappa shape index (κ3) is 8.35. The van der Waals surface area contributed by atoms with Gasteiger partial charge in [0, 0.05) is 0 Å². The summed E-state index contributed by atoms with van der Waals surface area (Å²) in [6.45, 7) is 15.2. The van der Waals surface area contributed by atoms with Crippen LogP contribution < -0.4 is 4.90 Å². The average Bonchev–Trinajstić information content (AvgIpc) is 2.50. The van der Waals surface area contributed by atoms with Crippen molar-refractivity contribution in [2.45, 2.75) is 78.3 Å². The van der Waals surface area contributed by atoms with Crippen LogP contribution >= 0.6 is 11.6 Å². The van der Waals surface area contributed by atoms with Crippen LogP contribution in [0.3, 0.4) is 0 Å². The molecule has 0 bridgehead atoms. The third-order valence-corrected chi connectivity index (χ3v) is 4.54. The monoisotopic (exact) mass is 460 g/mol. The van der Waals surface area contributed by atoms with Gasteiger partial charge < -0.3 is 9.47 Å². The number of halogens is 1. The number of imide groups is 1. The maximum absolute atomic E-state index is 12.7. The molecule has 1 aromatic rings. The third-order valence-electron chi connectivity index (χ3n) is 2.91. The number of anilines is 1. The molecule has 0 aliphatic rings. The summed E-state index contributed by atoms with van der Waals surface area (Å²) >= 11 is 6.10. The Morgan fingerprint density at radius 3 is 1.90 bits per heavy atom. The first-order chi connectivity index (χ1) is 13.4. The Balaban J connectivity index is 3.39. The van der Waals surface area contributed by atoms with E-state index in [1.807, 2.05) is 0 Å². The minimum absolute atomic E-state index is 0.0800. The summed E-state index contributed by atoms with van der Waals surface area (Å²) in [4.78, 5) is 34.0. The normalized spacial score (nSPS) is 13.8. The molecule has 1 rings (SSSR count). The summed E-state index contributed by atoms with van der Waals surface area (Å²) in [6.07, 6.45) is 0.380. The van der Waals surface area contributed by atoms with Crippen molar-refractivity contribution in [1.82, 2.24) is 9.97 Å². The van der Waals surface area contributed by atoms with Crippen molar-refractivity contribution in [2.75, 3.05) is 4.90 Å². The molecule has 0 N–H and O–H groups in total. The van der Waals surface area contributed by atoms with Gasteiger partial charge in [-0.2, -0.15) is 4.40 Å². The van der Waals surface area contributed by atoms with Gasteiger partial charge in [-0.05, 0) is 62.3 Å². The van der Waals surface area contributed by atoms with Gasteiger partial charge in [-0.15, -0.1) is 4.90 Å². The van der Waals surface area contributed by atoms with Crippen molar-refractivity contribution < 1.29 is 23.3 Å². The van der Waals surface area contributed by atoms with E-state index in [1.54, 1.807) is 62.3 Å². The molecule has 0 spiro atoms. The van der Waals surface area contributed by atoms with Crippen molar-refractivity contribution in [2.24, 2.45) is 4.40 Å². The quantitative estimate of drug-likeness (QED) is 0.601. The molecule has 0 fully saturated rings. The van der Waals surface area contributed by atoms with E-state index in [0.29, 0.717) is 4.90 Å². The topological polar surface area (TPSA) is 111 Å². The molecular weight excluding hydrogens is 432 g/mol. The number of aromatic nitrogens is 2. The number of nitrogens with zero attached hydrogens (tertiary/aromatic N) is 4. The van der Waals surface area contributed by atoms with Crippen LogP contribution in [0.4, 0.5) is 15.5 Å². The van der Waals surface area contributed by atoms with Crippen molar-refractivity contribution in [3.8, 4) is 0 Å². The summed E-state index contributed by atoms with van der Waals surface area (Å²) < 4.78 is 26.1. The van der Waals surface area contributed by atoms with Crippen LogP contribution in [0.2, 0.25) is 5.02 Å². The fraction of sp³-hybridized carbons (Fsp3) is 0.632. The summed E-state index contributed by atoms with van der Waals surface area (Å²) in [5.74, 6) is -0.314. The molecule has 0 aliphatic carbocycles. The number of hydrogen-bond acceptors (Lipinski definition) is 7. The molecular formula is C19H29ClN4O5S. The number of ether oxygens (including phenoxy) is 2. The fourth-order valence-electron chi connectivity index (χ4n) is 1.68. The first-order valence-corrected chi connectivity index (χ1v) is 10.6. The lowest BCUT2D eigenvalue weighted by atomic mass is 10.2. The molecule has 30 heavy (non-hydrogen) atoms. The molecule has 9 nitrogen and oxygen atoms in total. The van der Waals surface area contributed by atoms with Gasteiger partial charge in [0.1, 0.15) is 27.9 Å². The van der Waals surface area contributed by atoms with E-state index in [-0.39, 0.29) is 16.7 Å². The molecule has 0 aliphatic heterocycles. The molecule has 0 saturated heterocycles. The molecule has 0 aromatic carbocycles. The van der Waals surface area contributed by atoms with Gasteiger partial charge in [0.25, 0.3) is 0 Å². The maximum Gasteiger partial charge on any atom is 0.427 e. The predicted octanol–water partition coefficient (Wildman–Crippen LogP) is 4.69. The van der Waals surface area contributed by atoms with Gasteiger partial charge in [0.15, 0.2) is 0 Å². The minimum Gasteiger partial charge on any atom is -0.443 e. The van der Waals surface area contributed by atoms with E-state index in [1.165, 1.54) is 12.4 Å². The van der Waals surface area contributed by atoms with Crippen molar-refractivity contribution in [3.63, 3.8) is 0 Å². The second-order valence-electron chi connectivity index (χ2n) is 9.30. The Morgan fingerprint density at radius 2 is 1.50 bits per heavy atom. The molecule has 1 heterocycles. The molecule has 0 unspecified atom stereocenters. The molecule has 1 atom stereocenters. The molecule has 1 aromatic heterocycles. The van der Waals surface area contributed by atoms with Crippen LogP contribution in [-0.4, -0.2) is 48.5 Å². The van der Waals surface area contributed by atoms with E-state index in [2.05, 4.69) is 14.4 Å². The summed E-state index contributed by atoms with van der Waals surface area (Å²) in [5, 5.41) is 0.0988. The molecule has 0 radical (unpaired) electrons. The van der Waals surface area contributed by atoms with Crippen LogP contribution in [-0.2, 0) is 20.5 Å². The van der Waals surface area contributed by atoms with E-state index in [4.69, 9.17) is 21.1 Å². The summed E-state index contributed by atoms with van der Waals surface area (Å²) in [5.41, 5.74) is -1.67. The Bertz CT molecular complexity index is 826. The van der Waals surface area contributed by atoms with Crippen LogP contribution in [0.5, 0.6) is 0 Å². The zero-order chi connectivity index (χ0) is 23.5. The van der Waals surface area contributed by atoms with E-state index in [0.717, 1.165) is 0 Å². The smallest absolute Gasteiger partial charge is 0.427 e. The van der Waals surface area contributed by atoms with Gasteiger partial charge in [-0.3, -0.25) is 0 Å². The first-order valence-electron chi connectivity index (χ1n) is 9.15.